The fourth-order valence-corrected chi connectivity index (χ4v) is 3.08. The average molecular weight is 339 g/mol. The van der Waals surface area contributed by atoms with Crippen molar-refractivity contribution in [1.82, 2.24) is 5.32 Å². The van der Waals surface area contributed by atoms with E-state index in [-0.39, 0.29) is 5.54 Å². The lowest BCUT2D eigenvalue weighted by molar-refractivity contribution is 0.424. The van der Waals surface area contributed by atoms with E-state index >= 15 is 0 Å². The highest BCUT2D eigenvalue weighted by Crippen LogP contribution is 2.27. The molecule has 1 aliphatic heterocycles. The first-order chi connectivity index (χ1) is 9.46. The Morgan fingerprint density at radius 2 is 1.75 bits per heavy atom. The molecule has 2 nitrogen and oxygen atoms in total. The molecule has 0 saturated carbocycles. The van der Waals surface area contributed by atoms with Gasteiger partial charge in [-0.1, -0.05) is 28.8 Å². The van der Waals surface area contributed by atoms with Gasteiger partial charge in [-0.25, -0.2) is 0 Å². The summed E-state index contributed by atoms with van der Waals surface area (Å²) in [6, 6.07) is 6.70. The number of rotatable bonds is 3. The summed E-state index contributed by atoms with van der Waals surface area (Å²) in [7, 11) is 0. The second kappa shape index (κ2) is 6.95. The second-order valence-corrected chi connectivity index (χ2v) is 7.69. The van der Waals surface area contributed by atoms with Gasteiger partial charge in [-0.2, -0.15) is 0 Å². The Balaban J connectivity index is 2.18. The zero-order valence-electron chi connectivity index (χ0n) is 13.0. The highest BCUT2D eigenvalue weighted by molar-refractivity contribution is 9.10. The summed E-state index contributed by atoms with van der Waals surface area (Å²) in [5.74, 6) is 0. The Bertz CT molecular complexity index is 429. The number of nitrogens with zero attached hydrogens (tertiary/aromatic N) is 1. The van der Waals surface area contributed by atoms with E-state index in [4.69, 9.17) is 0 Å². The molecule has 1 heterocycles. The maximum atomic E-state index is 3.61. The van der Waals surface area contributed by atoms with Gasteiger partial charge in [0.25, 0.3) is 0 Å². The van der Waals surface area contributed by atoms with Gasteiger partial charge in [0.2, 0.25) is 0 Å². The summed E-state index contributed by atoms with van der Waals surface area (Å²) < 4.78 is 1.17. The van der Waals surface area contributed by atoms with Crippen LogP contribution in [0.2, 0.25) is 0 Å². The third-order valence-corrected chi connectivity index (χ3v) is 4.29. The molecule has 20 heavy (non-hydrogen) atoms. The predicted molar refractivity (Wildman–Crippen MR) is 91.4 cm³/mol. The monoisotopic (exact) mass is 338 g/mol. The molecule has 3 heteroatoms. The standard InChI is InChI=1S/C17H27BrN2/c1-17(2,3)19-13-14-12-15(18)8-9-16(14)20-10-6-4-5-7-11-20/h8-9,12,19H,4-7,10-11,13H2,1-3H3. The first-order valence-corrected chi connectivity index (χ1v) is 8.53. The largest absolute Gasteiger partial charge is 0.371 e. The van der Waals surface area contributed by atoms with Crippen molar-refractivity contribution >= 4 is 21.6 Å². The summed E-state index contributed by atoms with van der Waals surface area (Å²) in [5, 5.41) is 3.61. The molecule has 0 spiro atoms. The van der Waals surface area contributed by atoms with Crippen molar-refractivity contribution in [2.24, 2.45) is 0 Å². The van der Waals surface area contributed by atoms with Crippen LogP contribution in [0.15, 0.2) is 22.7 Å². The smallest absolute Gasteiger partial charge is 0.0412 e. The molecule has 1 saturated heterocycles. The van der Waals surface area contributed by atoms with E-state index in [0.717, 1.165) is 6.54 Å². The maximum Gasteiger partial charge on any atom is 0.0412 e. The third kappa shape index (κ3) is 4.78. The van der Waals surface area contributed by atoms with E-state index < -0.39 is 0 Å². The van der Waals surface area contributed by atoms with Crippen molar-refractivity contribution in [3.63, 3.8) is 0 Å². The van der Waals surface area contributed by atoms with Crippen LogP contribution < -0.4 is 10.2 Å². The number of hydrogen-bond donors (Lipinski definition) is 1. The van der Waals surface area contributed by atoms with Crippen molar-refractivity contribution in [2.45, 2.75) is 58.5 Å². The predicted octanol–water partition coefficient (Wildman–Crippen LogP) is 4.72. The SMILES string of the molecule is CC(C)(C)NCc1cc(Br)ccc1N1CCCCCC1. The lowest BCUT2D eigenvalue weighted by Gasteiger charge is -2.28. The molecule has 1 fully saturated rings. The molecule has 1 aromatic rings. The molecule has 0 atom stereocenters. The van der Waals surface area contributed by atoms with Gasteiger partial charge in [0, 0.05) is 35.3 Å². The van der Waals surface area contributed by atoms with Crippen LogP contribution in [0.3, 0.4) is 0 Å². The van der Waals surface area contributed by atoms with Crippen LogP contribution in [0, 0.1) is 0 Å². The fraction of sp³-hybridized carbons (Fsp3) is 0.647. The second-order valence-electron chi connectivity index (χ2n) is 6.78. The van der Waals surface area contributed by atoms with Crippen LogP contribution in [0.1, 0.15) is 52.0 Å². The topological polar surface area (TPSA) is 15.3 Å². The summed E-state index contributed by atoms with van der Waals surface area (Å²) in [6.07, 6.45) is 5.40. The first kappa shape index (κ1) is 15.8. The Hall–Kier alpha value is -0.540. The van der Waals surface area contributed by atoms with Gasteiger partial charge in [0.1, 0.15) is 0 Å². The van der Waals surface area contributed by atoms with Gasteiger partial charge in [0.15, 0.2) is 0 Å². The zero-order chi connectivity index (χ0) is 14.6. The van der Waals surface area contributed by atoms with Gasteiger partial charge in [-0.3, -0.25) is 0 Å². The molecular weight excluding hydrogens is 312 g/mol. The Kier molecular flexibility index (Phi) is 5.50. The number of halogens is 1. The third-order valence-electron chi connectivity index (χ3n) is 3.80. The Morgan fingerprint density at radius 1 is 1.10 bits per heavy atom. The molecule has 0 amide bonds. The molecule has 0 radical (unpaired) electrons. The van der Waals surface area contributed by atoms with Crippen LogP contribution >= 0.6 is 15.9 Å². The minimum absolute atomic E-state index is 0.151. The molecule has 1 aromatic carbocycles. The average Bonchev–Trinajstić information content (AvgIpc) is 2.64. The van der Waals surface area contributed by atoms with Crippen molar-refractivity contribution in [3.8, 4) is 0 Å². The maximum absolute atomic E-state index is 3.61. The van der Waals surface area contributed by atoms with Gasteiger partial charge in [-0.15, -0.1) is 0 Å². The lowest BCUT2D eigenvalue weighted by atomic mass is 10.1. The molecule has 0 aromatic heterocycles. The van der Waals surface area contributed by atoms with Crippen LogP contribution in [0.5, 0.6) is 0 Å². The Morgan fingerprint density at radius 3 is 2.35 bits per heavy atom. The van der Waals surface area contributed by atoms with Crippen molar-refractivity contribution < 1.29 is 0 Å². The van der Waals surface area contributed by atoms with Crippen LogP contribution in [0.25, 0.3) is 0 Å². The van der Waals surface area contributed by atoms with Gasteiger partial charge < -0.3 is 10.2 Å². The van der Waals surface area contributed by atoms with Gasteiger partial charge >= 0.3 is 0 Å². The van der Waals surface area contributed by atoms with Gasteiger partial charge in [0.05, 0.1) is 0 Å². The zero-order valence-corrected chi connectivity index (χ0v) is 14.6. The molecule has 2 rings (SSSR count). The summed E-state index contributed by atoms with van der Waals surface area (Å²) in [5.41, 5.74) is 2.96. The van der Waals surface area contributed by atoms with E-state index in [9.17, 15) is 0 Å². The molecule has 0 aliphatic carbocycles. The highest BCUT2D eigenvalue weighted by atomic mass is 79.9. The minimum atomic E-state index is 0.151. The number of nitrogens with one attached hydrogen (secondary N) is 1. The first-order valence-electron chi connectivity index (χ1n) is 7.74. The molecular formula is C17H27BrN2. The molecule has 0 bridgehead atoms. The van der Waals surface area contributed by atoms with E-state index in [0.29, 0.717) is 0 Å². The normalized spacial score (nSPS) is 17.1. The van der Waals surface area contributed by atoms with Crippen molar-refractivity contribution in [1.29, 1.82) is 0 Å². The van der Waals surface area contributed by atoms with Crippen molar-refractivity contribution in [2.75, 3.05) is 18.0 Å². The quantitative estimate of drug-likeness (QED) is 0.857. The number of benzene rings is 1. The number of anilines is 1. The van der Waals surface area contributed by atoms with Gasteiger partial charge in [-0.05, 0) is 57.4 Å². The molecule has 1 aliphatic rings. The van der Waals surface area contributed by atoms with E-state index in [1.165, 1.54) is 54.5 Å². The summed E-state index contributed by atoms with van der Waals surface area (Å²) in [4.78, 5) is 2.57. The number of hydrogen-bond acceptors (Lipinski definition) is 2. The lowest BCUT2D eigenvalue weighted by Crippen LogP contribution is -2.36. The van der Waals surface area contributed by atoms with Crippen molar-refractivity contribution in [3.05, 3.63) is 28.2 Å². The molecule has 0 unspecified atom stereocenters. The molecule has 1 N–H and O–H groups in total. The fourth-order valence-electron chi connectivity index (χ4n) is 2.68. The summed E-state index contributed by atoms with van der Waals surface area (Å²) in [6.45, 7) is 9.98. The van der Waals surface area contributed by atoms with E-state index in [2.05, 4.69) is 65.1 Å². The highest BCUT2D eigenvalue weighted by Gasteiger charge is 2.15. The van der Waals surface area contributed by atoms with E-state index in [1.54, 1.807) is 0 Å². The van der Waals surface area contributed by atoms with Crippen LogP contribution in [0.4, 0.5) is 5.69 Å². The Labute approximate surface area is 132 Å². The van der Waals surface area contributed by atoms with Crippen LogP contribution in [-0.4, -0.2) is 18.6 Å². The summed E-state index contributed by atoms with van der Waals surface area (Å²) >= 11 is 3.61. The van der Waals surface area contributed by atoms with Crippen LogP contribution in [-0.2, 0) is 6.54 Å². The van der Waals surface area contributed by atoms with E-state index in [1.807, 2.05) is 0 Å². The molecule has 112 valence electrons. The minimum Gasteiger partial charge on any atom is -0.371 e.